The van der Waals surface area contributed by atoms with Gasteiger partial charge >= 0.3 is 0 Å². The van der Waals surface area contributed by atoms with Crippen LogP contribution in [0.5, 0.6) is 5.75 Å². The molecule has 0 fully saturated rings. The standard InChI is InChI=1S/C37H34N2O2/c1-27(2)24-36(41,33-20-18-29-23-34(40)21-19-28(29)22-33)35-25-39(26-38-35)37(30-12-6-3-7-13-30,31-14-8-4-9-15-31)32-16-10-5-11-17-32/h3-23,25-27,40-41H,24H2,1-2H3. The first kappa shape index (κ1) is 26.5. The molecule has 1 heterocycles. The van der Waals surface area contributed by atoms with E-state index < -0.39 is 11.1 Å². The van der Waals surface area contributed by atoms with Gasteiger partial charge in [0.05, 0.1) is 12.0 Å². The molecular weight excluding hydrogens is 504 g/mol. The van der Waals surface area contributed by atoms with E-state index in [1.807, 2.05) is 55.0 Å². The van der Waals surface area contributed by atoms with Gasteiger partial charge in [-0.1, -0.05) is 123 Å². The summed E-state index contributed by atoms with van der Waals surface area (Å²) in [7, 11) is 0. The highest BCUT2D eigenvalue weighted by Gasteiger charge is 2.41. The average molecular weight is 539 g/mol. The van der Waals surface area contributed by atoms with E-state index in [0.717, 1.165) is 33.0 Å². The number of benzene rings is 5. The molecule has 6 aromatic rings. The van der Waals surface area contributed by atoms with Crippen molar-refractivity contribution >= 4 is 10.8 Å². The summed E-state index contributed by atoms with van der Waals surface area (Å²) in [5, 5.41) is 24.3. The number of aliphatic hydroxyl groups is 1. The minimum atomic E-state index is -1.32. The van der Waals surface area contributed by atoms with Gasteiger partial charge in [0.2, 0.25) is 0 Å². The van der Waals surface area contributed by atoms with Crippen LogP contribution in [0.4, 0.5) is 0 Å². The van der Waals surface area contributed by atoms with Crippen molar-refractivity contribution in [3.8, 4) is 5.75 Å². The largest absolute Gasteiger partial charge is 0.508 e. The Labute approximate surface area is 241 Å². The molecule has 4 heteroatoms. The first-order valence-corrected chi connectivity index (χ1v) is 14.1. The Kier molecular flexibility index (Phi) is 6.94. The normalized spacial score (nSPS) is 13.4. The maximum atomic E-state index is 12.5. The van der Waals surface area contributed by atoms with Crippen LogP contribution in [-0.4, -0.2) is 19.8 Å². The Balaban J connectivity index is 1.59. The van der Waals surface area contributed by atoms with Crippen LogP contribution >= 0.6 is 0 Å². The molecule has 0 saturated heterocycles. The summed E-state index contributed by atoms with van der Waals surface area (Å²) >= 11 is 0. The molecule has 41 heavy (non-hydrogen) atoms. The summed E-state index contributed by atoms with van der Waals surface area (Å²) in [5.41, 5.74) is 2.63. The first-order chi connectivity index (χ1) is 19.9. The van der Waals surface area contributed by atoms with Crippen molar-refractivity contribution in [2.45, 2.75) is 31.4 Å². The molecule has 0 amide bonds. The molecule has 0 radical (unpaired) electrons. The molecule has 1 unspecified atom stereocenters. The minimum Gasteiger partial charge on any atom is -0.508 e. The Morgan fingerprint density at radius 3 is 1.71 bits per heavy atom. The number of phenols is 1. The van der Waals surface area contributed by atoms with Crippen LogP contribution in [0.25, 0.3) is 10.8 Å². The van der Waals surface area contributed by atoms with Gasteiger partial charge in [-0.15, -0.1) is 0 Å². The Morgan fingerprint density at radius 1 is 0.659 bits per heavy atom. The quantitative estimate of drug-likeness (QED) is 0.194. The second-order valence-electron chi connectivity index (χ2n) is 11.2. The van der Waals surface area contributed by atoms with Crippen molar-refractivity contribution in [1.82, 2.24) is 9.55 Å². The van der Waals surface area contributed by atoms with Gasteiger partial charge in [-0.3, -0.25) is 0 Å². The van der Waals surface area contributed by atoms with Crippen molar-refractivity contribution in [3.63, 3.8) is 0 Å². The van der Waals surface area contributed by atoms with E-state index in [0.29, 0.717) is 12.1 Å². The lowest BCUT2D eigenvalue weighted by Crippen LogP contribution is -2.37. The topological polar surface area (TPSA) is 58.3 Å². The van der Waals surface area contributed by atoms with Gasteiger partial charge in [0.15, 0.2) is 0 Å². The maximum absolute atomic E-state index is 12.5. The van der Waals surface area contributed by atoms with E-state index in [2.05, 4.69) is 91.2 Å². The van der Waals surface area contributed by atoms with Gasteiger partial charge in [-0.2, -0.15) is 0 Å². The molecule has 4 nitrogen and oxygen atoms in total. The summed E-state index contributed by atoms with van der Waals surface area (Å²) < 4.78 is 2.15. The molecule has 6 rings (SSSR count). The lowest BCUT2D eigenvalue weighted by Gasteiger charge is -2.37. The second kappa shape index (κ2) is 10.7. The Hall–Kier alpha value is -4.67. The van der Waals surface area contributed by atoms with Crippen LogP contribution in [0, 0.1) is 5.92 Å². The summed E-state index contributed by atoms with van der Waals surface area (Å²) in [6, 6.07) is 42.6. The molecule has 0 aliphatic carbocycles. The van der Waals surface area contributed by atoms with E-state index in [1.165, 1.54) is 0 Å². The number of imidazole rings is 1. The monoisotopic (exact) mass is 538 g/mol. The molecule has 1 atom stereocenters. The number of nitrogens with zero attached hydrogens (tertiary/aromatic N) is 2. The van der Waals surface area contributed by atoms with Crippen molar-refractivity contribution in [1.29, 1.82) is 0 Å². The van der Waals surface area contributed by atoms with Gasteiger partial charge in [-0.05, 0) is 63.6 Å². The number of aromatic hydroxyl groups is 1. The number of phenolic OH excluding ortho intramolecular Hbond substituents is 1. The van der Waals surface area contributed by atoms with E-state index in [-0.39, 0.29) is 11.7 Å². The van der Waals surface area contributed by atoms with Crippen LogP contribution in [0.1, 0.15) is 48.2 Å². The minimum absolute atomic E-state index is 0.211. The third kappa shape index (κ3) is 4.71. The van der Waals surface area contributed by atoms with E-state index in [9.17, 15) is 10.2 Å². The van der Waals surface area contributed by atoms with Crippen LogP contribution in [-0.2, 0) is 11.1 Å². The summed E-state index contributed by atoms with van der Waals surface area (Å²) in [6.07, 6.45) is 4.37. The molecule has 0 aliphatic rings. The van der Waals surface area contributed by atoms with Gasteiger partial charge in [0.1, 0.15) is 16.9 Å². The molecule has 0 aliphatic heterocycles. The molecule has 5 aromatic carbocycles. The summed E-state index contributed by atoms with van der Waals surface area (Å²) in [4.78, 5) is 4.93. The molecule has 0 bridgehead atoms. The van der Waals surface area contributed by atoms with Crippen LogP contribution in [0.2, 0.25) is 0 Å². The second-order valence-corrected chi connectivity index (χ2v) is 11.2. The van der Waals surface area contributed by atoms with Crippen LogP contribution < -0.4 is 0 Å². The van der Waals surface area contributed by atoms with E-state index in [1.54, 1.807) is 12.1 Å². The highest BCUT2D eigenvalue weighted by Crippen LogP contribution is 2.43. The first-order valence-electron chi connectivity index (χ1n) is 14.1. The zero-order chi connectivity index (χ0) is 28.5. The lowest BCUT2D eigenvalue weighted by atomic mass is 9.76. The Morgan fingerprint density at radius 2 is 1.17 bits per heavy atom. The number of fused-ring (bicyclic) bond motifs is 1. The fourth-order valence-electron chi connectivity index (χ4n) is 6.16. The van der Waals surface area contributed by atoms with Crippen molar-refractivity contribution in [2.24, 2.45) is 5.92 Å². The molecular formula is C37H34N2O2. The molecule has 0 saturated carbocycles. The van der Waals surface area contributed by atoms with Crippen molar-refractivity contribution < 1.29 is 10.2 Å². The molecule has 2 N–H and O–H groups in total. The maximum Gasteiger partial charge on any atom is 0.133 e. The van der Waals surface area contributed by atoms with Gasteiger partial charge < -0.3 is 14.8 Å². The number of aromatic nitrogens is 2. The van der Waals surface area contributed by atoms with Gasteiger partial charge in [0.25, 0.3) is 0 Å². The Bertz CT molecular complexity index is 1660. The number of rotatable bonds is 8. The zero-order valence-electron chi connectivity index (χ0n) is 23.4. The van der Waals surface area contributed by atoms with E-state index >= 15 is 0 Å². The van der Waals surface area contributed by atoms with Crippen molar-refractivity contribution in [2.75, 3.05) is 0 Å². The van der Waals surface area contributed by atoms with Crippen molar-refractivity contribution in [3.05, 3.63) is 168 Å². The SMILES string of the molecule is CC(C)CC(O)(c1ccc2cc(O)ccc2c1)c1cn(C(c2ccccc2)(c2ccccc2)c2ccccc2)cn1. The fourth-order valence-corrected chi connectivity index (χ4v) is 6.16. The van der Waals surface area contributed by atoms with E-state index in [4.69, 9.17) is 4.98 Å². The van der Waals surface area contributed by atoms with Crippen LogP contribution in [0.15, 0.2) is 140 Å². The number of hydrogen-bond donors (Lipinski definition) is 2. The summed E-state index contributed by atoms with van der Waals surface area (Å²) in [5.74, 6) is 0.434. The van der Waals surface area contributed by atoms with Gasteiger partial charge in [0, 0.05) is 6.20 Å². The smallest absolute Gasteiger partial charge is 0.133 e. The third-order valence-electron chi connectivity index (χ3n) is 7.97. The molecule has 0 spiro atoms. The molecule has 204 valence electrons. The third-order valence-corrected chi connectivity index (χ3v) is 7.97. The average Bonchev–Trinajstić information content (AvgIpc) is 3.50. The summed E-state index contributed by atoms with van der Waals surface area (Å²) in [6.45, 7) is 4.23. The highest BCUT2D eigenvalue weighted by atomic mass is 16.3. The predicted molar refractivity (Wildman–Crippen MR) is 165 cm³/mol. The van der Waals surface area contributed by atoms with Crippen LogP contribution in [0.3, 0.4) is 0 Å². The van der Waals surface area contributed by atoms with Gasteiger partial charge in [-0.25, -0.2) is 4.98 Å². The fraction of sp³-hybridized carbons (Fsp3) is 0.162. The lowest BCUT2D eigenvalue weighted by molar-refractivity contribution is 0.0535. The zero-order valence-corrected chi connectivity index (χ0v) is 23.4. The predicted octanol–water partition coefficient (Wildman–Crippen LogP) is 7.86. The highest BCUT2D eigenvalue weighted by molar-refractivity contribution is 5.84. The molecule has 1 aromatic heterocycles. The number of hydrogen-bond acceptors (Lipinski definition) is 3.